The quantitative estimate of drug-likeness (QED) is 0.855. The number of amides is 1. The van der Waals surface area contributed by atoms with Crippen LogP contribution in [0.2, 0.25) is 0 Å². The number of nitrogens with one attached hydrogen (secondary N) is 1. The van der Waals surface area contributed by atoms with E-state index in [0.29, 0.717) is 24.4 Å². The van der Waals surface area contributed by atoms with Crippen molar-refractivity contribution in [2.45, 2.75) is 38.8 Å². The number of carbonyl (C=O) groups is 2. The van der Waals surface area contributed by atoms with E-state index in [1.165, 1.54) is 0 Å². The van der Waals surface area contributed by atoms with Crippen LogP contribution in [0.15, 0.2) is 12.3 Å². The number of nitrogens with zero attached hydrogens (tertiary/aromatic N) is 2. The van der Waals surface area contributed by atoms with Crippen LogP contribution in [0.25, 0.3) is 0 Å². The zero-order chi connectivity index (χ0) is 16.4. The average Bonchev–Trinajstić information content (AvgIpc) is 3.21. The van der Waals surface area contributed by atoms with Gasteiger partial charge in [0.25, 0.3) is 5.91 Å². The number of likely N-dealkylation sites (tertiary alicyclic amines) is 1. The van der Waals surface area contributed by atoms with E-state index in [-0.39, 0.29) is 23.8 Å². The van der Waals surface area contributed by atoms with Gasteiger partial charge in [0.15, 0.2) is 5.78 Å². The zero-order valence-electron chi connectivity index (χ0n) is 13.9. The van der Waals surface area contributed by atoms with E-state index in [1.807, 2.05) is 11.8 Å². The molecule has 2 saturated heterocycles. The van der Waals surface area contributed by atoms with Gasteiger partial charge in [0.05, 0.1) is 19.3 Å². The molecule has 2 aliphatic rings. The van der Waals surface area contributed by atoms with Gasteiger partial charge in [0.2, 0.25) is 0 Å². The van der Waals surface area contributed by atoms with E-state index in [9.17, 15) is 9.59 Å². The molecular weight excluding hydrogens is 294 g/mol. The number of ketones is 1. The van der Waals surface area contributed by atoms with E-state index < -0.39 is 0 Å². The molecule has 1 amide bonds. The molecule has 1 N–H and O–H groups in total. The first kappa shape index (κ1) is 16.2. The second-order valence-electron chi connectivity index (χ2n) is 6.65. The summed E-state index contributed by atoms with van der Waals surface area (Å²) in [4.78, 5) is 31.8. The third-order valence-electron chi connectivity index (χ3n) is 4.71. The predicted molar refractivity (Wildman–Crippen MR) is 86.7 cm³/mol. The van der Waals surface area contributed by atoms with Crippen LogP contribution < -0.4 is 0 Å². The van der Waals surface area contributed by atoms with Crippen molar-refractivity contribution in [2.24, 2.45) is 0 Å². The van der Waals surface area contributed by atoms with Gasteiger partial charge in [-0.1, -0.05) is 0 Å². The number of H-pyrrole nitrogens is 1. The van der Waals surface area contributed by atoms with Crippen LogP contribution in [0.5, 0.6) is 0 Å². The summed E-state index contributed by atoms with van der Waals surface area (Å²) in [7, 11) is 0. The summed E-state index contributed by atoms with van der Waals surface area (Å²) < 4.78 is 5.59. The minimum Gasteiger partial charge on any atom is -0.376 e. The highest BCUT2D eigenvalue weighted by Gasteiger charge is 2.26. The predicted octanol–water partition coefficient (Wildman–Crippen LogP) is 1.54. The molecule has 126 valence electrons. The second kappa shape index (κ2) is 6.84. The number of aromatic amines is 1. The lowest BCUT2D eigenvalue weighted by Gasteiger charge is -2.36. The van der Waals surface area contributed by atoms with Crippen LogP contribution in [0.3, 0.4) is 0 Å². The molecular formula is C17H25N3O3. The Morgan fingerprint density at radius 2 is 2.04 bits per heavy atom. The molecule has 1 aromatic heterocycles. The van der Waals surface area contributed by atoms with Gasteiger partial charge in [-0.3, -0.25) is 14.5 Å². The number of morpholine rings is 1. The first-order chi connectivity index (χ1) is 11.0. The minimum atomic E-state index is -0.00471. The van der Waals surface area contributed by atoms with Gasteiger partial charge < -0.3 is 14.6 Å². The molecule has 0 radical (unpaired) electrons. The molecule has 0 aliphatic carbocycles. The van der Waals surface area contributed by atoms with Crippen LogP contribution in [-0.4, -0.2) is 71.4 Å². The lowest BCUT2D eigenvalue weighted by molar-refractivity contribution is -0.0460. The van der Waals surface area contributed by atoms with Gasteiger partial charge >= 0.3 is 0 Å². The maximum atomic E-state index is 12.5. The fraction of sp³-hybridized carbons (Fsp3) is 0.647. The molecule has 0 unspecified atom stereocenters. The van der Waals surface area contributed by atoms with E-state index in [0.717, 1.165) is 32.5 Å². The van der Waals surface area contributed by atoms with Crippen molar-refractivity contribution >= 4 is 11.7 Å². The molecule has 0 aromatic carbocycles. The number of aromatic nitrogens is 1. The Hall–Kier alpha value is -1.66. The summed E-state index contributed by atoms with van der Waals surface area (Å²) in [5.41, 5.74) is 1.09. The third kappa shape index (κ3) is 3.64. The highest BCUT2D eigenvalue weighted by atomic mass is 16.5. The zero-order valence-corrected chi connectivity index (χ0v) is 13.9. The summed E-state index contributed by atoms with van der Waals surface area (Å²) >= 11 is 0. The van der Waals surface area contributed by atoms with Crippen LogP contribution in [0.4, 0.5) is 0 Å². The summed E-state index contributed by atoms with van der Waals surface area (Å²) in [6, 6.07) is 1.93. The Balaban J connectivity index is 1.62. The van der Waals surface area contributed by atoms with Gasteiger partial charge in [0, 0.05) is 37.4 Å². The molecule has 3 heterocycles. The molecule has 3 rings (SSSR count). The number of rotatable bonds is 4. The Labute approximate surface area is 136 Å². The van der Waals surface area contributed by atoms with Crippen LogP contribution in [0, 0.1) is 0 Å². The van der Waals surface area contributed by atoms with Gasteiger partial charge in [-0.15, -0.1) is 0 Å². The Bertz CT molecular complexity index is 577. The fourth-order valence-corrected chi connectivity index (χ4v) is 3.24. The monoisotopic (exact) mass is 319 g/mol. The lowest BCUT2D eigenvalue weighted by atomic mass is 10.1. The van der Waals surface area contributed by atoms with Crippen LogP contribution in [0.1, 0.15) is 47.5 Å². The Morgan fingerprint density at radius 3 is 2.78 bits per heavy atom. The summed E-state index contributed by atoms with van der Waals surface area (Å²) in [5, 5.41) is 0. The first-order valence-corrected chi connectivity index (χ1v) is 8.41. The maximum Gasteiger partial charge on any atom is 0.270 e. The molecule has 0 saturated carbocycles. The van der Waals surface area contributed by atoms with Gasteiger partial charge in [-0.25, -0.2) is 0 Å². The molecule has 6 heteroatoms. The smallest absolute Gasteiger partial charge is 0.270 e. The largest absolute Gasteiger partial charge is 0.376 e. The highest BCUT2D eigenvalue weighted by Crippen LogP contribution is 2.15. The van der Waals surface area contributed by atoms with Gasteiger partial charge in [-0.05, 0) is 32.8 Å². The average molecular weight is 319 g/mol. The Morgan fingerprint density at radius 1 is 1.30 bits per heavy atom. The number of Topliss-reactive ketones (excluding diaryl/α,β-unsaturated/α-hetero) is 1. The summed E-state index contributed by atoms with van der Waals surface area (Å²) in [6.07, 6.45) is 3.93. The summed E-state index contributed by atoms with van der Waals surface area (Å²) in [5.74, 6) is 0.0394. The lowest BCUT2D eigenvalue weighted by Crippen LogP contribution is -2.49. The molecule has 23 heavy (non-hydrogen) atoms. The van der Waals surface area contributed by atoms with Crippen molar-refractivity contribution in [1.29, 1.82) is 0 Å². The van der Waals surface area contributed by atoms with Gasteiger partial charge in [0.1, 0.15) is 5.69 Å². The topological polar surface area (TPSA) is 65.6 Å². The molecule has 0 bridgehead atoms. The molecule has 2 aliphatic heterocycles. The van der Waals surface area contributed by atoms with Crippen molar-refractivity contribution < 1.29 is 14.3 Å². The first-order valence-electron chi connectivity index (χ1n) is 8.41. The highest BCUT2D eigenvalue weighted by molar-refractivity contribution is 6.01. The molecule has 0 spiro atoms. The van der Waals surface area contributed by atoms with Crippen LogP contribution in [-0.2, 0) is 4.74 Å². The maximum absolute atomic E-state index is 12.5. The number of hydrogen-bond acceptors (Lipinski definition) is 4. The molecule has 2 atom stereocenters. The number of ether oxygens (including phenoxy) is 1. The summed E-state index contributed by atoms with van der Waals surface area (Å²) in [6.45, 7) is 7.49. The number of hydrogen-bond donors (Lipinski definition) is 1. The van der Waals surface area contributed by atoms with Gasteiger partial charge in [-0.2, -0.15) is 0 Å². The van der Waals surface area contributed by atoms with Crippen molar-refractivity contribution in [1.82, 2.24) is 14.8 Å². The van der Waals surface area contributed by atoms with Crippen molar-refractivity contribution in [3.63, 3.8) is 0 Å². The molecule has 2 fully saturated rings. The van der Waals surface area contributed by atoms with Crippen molar-refractivity contribution in [3.05, 3.63) is 23.5 Å². The molecule has 1 aromatic rings. The van der Waals surface area contributed by atoms with Crippen LogP contribution >= 0.6 is 0 Å². The normalized spacial score (nSPS) is 25.7. The van der Waals surface area contributed by atoms with Crippen molar-refractivity contribution in [2.75, 3.05) is 32.8 Å². The Kier molecular flexibility index (Phi) is 4.82. The second-order valence-corrected chi connectivity index (χ2v) is 6.65. The van der Waals surface area contributed by atoms with E-state index in [4.69, 9.17) is 4.74 Å². The third-order valence-corrected chi connectivity index (χ3v) is 4.71. The molecule has 6 nitrogen and oxygen atoms in total. The SMILES string of the molecule is C[C@@H]1CN(CC(=O)c2c[nH]c(C(=O)N3CCCC3)c2)[C@@H](C)CO1. The van der Waals surface area contributed by atoms with E-state index in [2.05, 4.69) is 16.8 Å². The van der Waals surface area contributed by atoms with E-state index in [1.54, 1.807) is 12.3 Å². The van der Waals surface area contributed by atoms with Crippen molar-refractivity contribution in [3.8, 4) is 0 Å². The number of carbonyl (C=O) groups excluding carboxylic acids is 2. The van der Waals surface area contributed by atoms with E-state index >= 15 is 0 Å². The minimum absolute atomic E-state index is 0.00471. The standard InChI is InChI=1S/C17H25N3O3/c1-12-11-23-13(2)9-20(12)10-16(21)14-7-15(18-8-14)17(22)19-5-3-4-6-19/h7-8,12-13,18H,3-6,9-11H2,1-2H3/t12-,13+/m0/s1. The fourth-order valence-electron chi connectivity index (χ4n) is 3.24.